The molecule has 0 radical (unpaired) electrons. The third kappa shape index (κ3) is 6.96. The van der Waals surface area contributed by atoms with Gasteiger partial charge in [-0.15, -0.1) is 0 Å². The third-order valence-corrected chi connectivity index (χ3v) is 3.29. The van der Waals surface area contributed by atoms with E-state index >= 15 is 0 Å². The van der Waals surface area contributed by atoms with Gasteiger partial charge in [-0.25, -0.2) is 4.98 Å². The average Bonchev–Trinajstić information content (AvgIpc) is 2.64. The van der Waals surface area contributed by atoms with Crippen molar-refractivity contribution in [1.29, 1.82) is 0 Å². The fraction of sp³-hybridized carbons (Fsp3) is 0.421. The summed E-state index contributed by atoms with van der Waals surface area (Å²) in [6.07, 6.45) is 3.45. The molecule has 0 aliphatic carbocycles. The summed E-state index contributed by atoms with van der Waals surface area (Å²) in [7, 11) is 0. The number of nitrogens with one attached hydrogen (secondary N) is 2. The Morgan fingerprint density at radius 1 is 1.19 bits per heavy atom. The molecule has 0 saturated heterocycles. The van der Waals surface area contributed by atoms with Crippen LogP contribution in [-0.4, -0.2) is 34.4 Å². The number of rotatable bonds is 8. The van der Waals surface area contributed by atoms with E-state index in [4.69, 9.17) is 0 Å². The second-order valence-corrected chi connectivity index (χ2v) is 5.40. The van der Waals surface area contributed by atoms with Crippen LogP contribution in [0.3, 0.4) is 0 Å². The molecular formula is C19H29N5O2. The lowest BCUT2D eigenvalue weighted by atomic mass is 10.3. The highest BCUT2D eigenvalue weighted by Gasteiger charge is 2.08. The topological polar surface area (TPSA) is 93.6 Å². The predicted octanol–water partition coefficient (Wildman–Crippen LogP) is 3.57. The zero-order chi connectivity index (χ0) is 19.4. The summed E-state index contributed by atoms with van der Waals surface area (Å²) < 4.78 is 0. The van der Waals surface area contributed by atoms with E-state index in [1.54, 1.807) is 24.3 Å². The highest BCUT2D eigenvalue weighted by molar-refractivity contribution is 5.78. The number of aromatic hydroxyl groups is 1. The molecule has 0 saturated carbocycles. The number of aromatic nitrogens is 2. The van der Waals surface area contributed by atoms with Crippen molar-refractivity contribution in [3.8, 4) is 5.75 Å². The van der Waals surface area contributed by atoms with Gasteiger partial charge >= 0.3 is 0 Å². The number of benzene rings is 1. The minimum Gasteiger partial charge on any atom is -0.508 e. The maximum absolute atomic E-state index is 11.9. The molecule has 1 aromatic carbocycles. The molecular weight excluding hydrogens is 330 g/mol. The van der Waals surface area contributed by atoms with Gasteiger partial charge in [0, 0.05) is 19.2 Å². The van der Waals surface area contributed by atoms with E-state index in [1.165, 1.54) is 12.3 Å². The van der Waals surface area contributed by atoms with E-state index in [0.717, 1.165) is 31.6 Å². The molecule has 0 bridgehead atoms. The lowest BCUT2D eigenvalue weighted by Crippen LogP contribution is -2.29. The van der Waals surface area contributed by atoms with Gasteiger partial charge in [-0.2, -0.15) is 5.10 Å². The minimum atomic E-state index is -0.205. The first-order chi connectivity index (χ1) is 12.6. The Morgan fingerprint density at radius 2 is 1.81 bits per heavy atom. The van der Waals surface area contributed by atoms with Gasteiger partial charge in [0.25, 0.3) is 5.56 Å². The molecule has 1 aromatic heterocycles. The largest absolute Gasteiger partial charge is 0.508 e. The molecule has 0 fully saturated rings. The summed E-state index contributed by atoms with van der Waals surface area (Å²) >= 11 is 0. The summed E-state index contributed by atoms with van der Waals surface area (Å²) in [5, 5.41) is 13.3. The Kier molecular flexibility index (Phi) is 9.53. The number of H-pyrrole nitrogens is 1. The second-order valence-electron chi connectivity index (χ2n) is 5.40. The Morgan fingerprint density at radius 3 is 2.38 bits per heavy atom. The van der Waals surface area contributed by atoms with Gasteiger partial charge in [-0.3, -0.25) is 15.2 Å². The summed E-state index contributed by atoms with van der Waals surface area (Å²) in [6.45, 7) is 9.85. The first-order valence-corrected chi connectivity index (χ1v) is 9.06. The van der Waals surface area contributed by atoms with Crippen molar-refractivity contribution >= 4 is 17.9 Å². The van der Waals surface area contributed by atoms with Crippen molar-refractivity contribution in [2.75, 3.05) is 23.4 Å². The molecule has 0 amide bonds. The van der Waals surface area contributed by atoms with Crippen LogP contribution in [0.1, 0.15) is 46.2 Å². The number of hydrazone groups is 1. The maximum Gasteiger partial charge on any atom is 0.252 e. The number of phenols is 1. The number of hydrogen-bond acceptors (Lipinski definition) is 6. The van der Waals surface area contributed by atoms with E-state index in [1.807, 2.05) is 13.8 Å². The van der Waals surface area contributed by atoms with Crippen molar-refractivity contribution in [3.05, 3.63) is 46.4 Å². The molecule has 7 heteroatoms. The third-order valence-electron chi connectivity index (χ3n) is 3.29. The summed E-state index contributed by atoms with van der Waals surface area (Å²) in [5.41, 5.74) is 3.84. The quantitative estimate of drug-likeness (QED) is 0.380. The number of anilines is 2. The number of phenolic OH excluding ortho intramolecular Hbond substituents is 1. The maximum atomic E-state index is 11.9. The van der Waals surface area contributed by atoms with Crippen molar-refractivity contribution in [2.45, 2.75) is 40.5 Å². The molecule has 7 nitrogen and oxygen atoms in total. The van der Waals surface area contributed by atoms with Crippen LogP contribution in [0.4, 0.5) is 11.6 Å². The first-order valence-electron chi connectivity index (χ1n) is 9.06. The molecule has 3 N–H and O–H groups in total. The molecule has 0 unspecified atom stereocenters. The van der Waals surface area contributed by atoms with Crippen LogP contribution in [0.15, 0.2) is 40.2 Å². The van der Waals surface area contributed by atoms with Crippen molar-refractivity contribution in [2.24, 2.45) is 5.10 Å². The van der Waals surface area contributed by atoms with Gasteiger partial charge in [-0.1, -0.05) is 27.7 Å². The van der Waals surface area contributed by atoms with Crippen LogP contribution in [0.5, 0.6) is 5.75 Å². The van der Waals surface area contributed by atoms with Gasteiger partial charge in [0.1, 0.15) is 5.75 Å². The van der Waals surface area contributed by atoms with Crippen molar-refractivity contribution < 1.29 is 5.11 Å². The molecule has 2 aromatic rings. The summed E-state index contributed by atoms with van der Waals surface area (Å²) in [4.78, 5) is 21.2. The van der Waals surface area contributed by atoms with Crippen LogP contribution in [0.25, 0.3) is 0 Å². The van der Waals surface area contributed by atoms with Gasteiger partial charge in [0.05, 0.1) is 17.6 Å². The SMILES string of the molecule is CC.CCCN(CCC)c1nc(/C=N/Nc2ccc(O)cc2)cc(=O)[nH]1. The molecule has 142 valence electrons. The Bertz CT molecular complexity index is 719. The average molecular weight is 359 g/mol. The van der Waals surface area contributed by atoms with E-state index < -0.39 is 0 Å². The Balaban J connectivity index is 0.00000163. The van der Waals surface area contributed by atoms with Gasteiger partial charge in [0.15, 0.2) is 0 Å². The monoisotopic (exact) mass is 359 g/mol. The van der Waals surface area contributed by atoms with E-state index in [-0.39, 0.29) is 11.3 Å². The Labute approximate surface area is 154 Å². The number of nitrogens with zero attached hydrogens (tertiary/aromatic N) is 3. The van der Waals surface area contributed by atoms with Crippen LogP contribution in [0, 0.1) is 0 Å². The second kappa shape index (κ2) is 11.7. The fourth-order valence-electron chi connectivity index (χ4n) is 2.25. The van der Waals surface area contributed by atoms with Gasteiger partial charge in [0.2, 0.25) is 5.95 Å². The summed E-state index contributed by atoms with van der Waals surface area (Å²) in [6, 6.07) is 7.94. The normalized spacial score (nSPS) is 10.3. The zero-order valence-corrected chi connectivity index (χ0v) is 16.0. The highest BCUT2D eigenvalue weighted by atomic mass is 16.3. The Hall–Kier alpha value is -2.83. The smallest absolute Gasteiger partial charge is 0.252 e. The molecule has 26 heavy (non-hydrogen) atoms. The lowest BCUT2D eigenvalue weighted by Gasteiger charge is -2.21. The summed E-state index contributed by atoms with van der Waals surface area (Å²) in [5.74, 6) is 0.759. The first kappa shape index (κ1) is 21.2. The van der Waals surface area contributed by atoms with Crippen LogP contribution in [0.2, 0.25) is 0 Å². The molecule has 0 aliphatic rings. The standard InChI is InChI=1S/C17H23N5O2.C2H6/c1-3-9-22(10-4-2)17-19-14(11-16(24)20-17)12-18-21-13-5-7-15(23)8-6-13;1-2/h5-8,11-12,21,23H,3-4,9-10H2,1-2H3,(H,19,20,24);1-2H3/b18-12+;. The number of aromatic amines is 1. The van der Waals surface area contributed by atoms with Crippen LogP contribution >= 0.6 is 0 Å². The minimum absolute atomic E-state index is 0.192. The van der Waals surface area contributed by atoms with Crippen LogP contribution < -0.4 is 15.9 Å². The molecule has 0 atom stereocenters. The van der Waals surface area contributed by atoms with Crippen molar-refractivity contribution in [3.63, 3.8) is 0 Å². The molecule has 2 rings (SSSR count). The number of hydrogen-bond donors (Lipinski definition) is 3. The molecule has 1 heterocycles. The zero-order valence-electron chi connectivity index (χ0n) is 16.0. The lowest BCUT2D eigenvalue weighted by molar-refractivity contribution is 0.475. The van der Waals surface area contributed by atoms with Crippen LogP contribution in [-0.2, 0) is 0 Å². The van der Waals surface area contributed by atoms with E-state index in [0.29, 0.717) is 11.6 Å². The van der Waals surface area contributed by atoms with Crippen molar-refractivity contribution in [1.82, 2.24) is 9.97 Å². The highest BCUT2D eigenvalue weighted by Crippen LogP contribution is 2.13. The predicted molar refractivity (Wildman–Crippen MR) is 108 cm³/mol. The molecule has 0 aliphatic heterocycles. The molecule has 0 spiro atoms. The van der Waals surface area contributed by atoms with Gasteiger partial charge in [-0.05, 0) is 37.1 Å². The fourth-order valence-corrected chi connectivity index (χ4v) is 2.25. The van der Waals surface area contributed by atoms with E-state index in [9.17, 15) is 9.90 Å². The van der Waals surface area contributed by atoms with Gasteiger partial charge < -0.3 is 10.0 Å². The van der Waals surface area contributed by atoms with E-state index in [2.05, 4.69) is 39.2 Å².